The third-order valence-corrected chi connectivity index (χ3v) is 3.14. The molecule has 2 rings (SSSR count). The number of hydrogen-bond acceptors (Lipinski definition) is 2. The molecule has 0 bridgehead atoms. The van der Waals surface area contributed by atoms with Gasteiger partial charge < -0.3 is 5.32 Å². The standard InChI is InChI=1S/C13H14FNS.ClH/c14-13-3-1-11(2-4-13)5-7-15-9-12-6-8-16-10-12;/h1-4,6,8,10,15H,5,7,9H2;1H. The average Bonchev–Trinajstić information content (AvgIpc) is 2.80. The lowest BCUT2D eigenvalue weighted by molar-refractivity contribution is 0.626. The number of benzene rings is 1. The summed E-state index contributed by atoms with van der Waals surface area (Å²) in [6.07, 6.45) is 0.935. The first-order valence-electron chi connectivity index (χ1n) is 5.31. The van der Waals surface area contributed by atoms with Crippen molar-refractivity contribution in [2.24, 2.45) is 0 Å². The summed E-state index contributed by atoms with van der Waals surface area (Å²) in [5.74, 6) is -0.171. The van der Waals surface area contributed by atoms with Gasteiger partial charge in [-0.25, -0.2) is 4.39 Å². The van der Waals surface area contributed by atoms with Crippen LogP contribution in [0.3, 0.4) is 0 Å². The first-order chi connectivity index (χ1) is 7.84. The van der Waals surface area contributed by atoms with Gasteiger partial charge in [0.15, 0.2) is 0 Å². The number of nitrogens with one attached hydrogen (secondary N) is 1. The fourth-order valence-electron chi connectivity index (χ4n) is 1.51. The predicted molar refractivity (Wildman–Crippen MR) is 73.4 cm³/mol. The molecule has 2 aromatic rings. The van der Waals surface area contributed by atoms with Crippen LogP contribution in [-0.2, 0) is 13.0 Å². The highest BCUT2D eigenvalue weighted by molar-refractivity contribution is 7.07. The van der Waals surface area contributed by atoms with Crippen molar-refractivity contribution in [3.05, 3.63) is 58.0 Å². The summed E-state index contributed by atoms with van der Waals surface area (Å²) in [6.45, 7) is 1.83. The van der Waals surface area contributed by atoms with E-state index in [9.17, 15) is 4.39 Å². The summed E-state index contributed by atoms with van der Waals surface area (Å²) >= 11 is 1.71. The maximum absolute atomic E-state index is 12.6. The molecular weight excluding hydrogens is 257 g/mol. The van der Waals surface area contributed by atoms with Gasteiger partial charge >= 0.3 is 0 Å². The molecule has 0 amide bonds. The zero-order chi connectivity index (χ0) is 11.2. The normalized spacial score (nSPS) is 9.94. The van der Waals surface area contributed by atoms with Crippen LogP contribution in [0.1, 0.15) is 11.1 Å². The first-order valence-corrected chi connectivity index (χ1v) is 6.25. The van der Waals surface area contributed by atoms with Crippen LogP contribution in [-0.4, -0.2) is 6.54 Å². The Morgan fingerprint density at radius 2 is 1.82 bits per heavy atom. The molecule has 1 aromatic carbocycles. The van der Waals surface area contributed by atoms with Crippen LogP contribution in [0.4, 0.5) is 4.39 Å². The lowest BCUT2D eigenvalue weighted by atomic mass is 10.1. The molecule has 0 unspecified atom stereocenters. The van der Waals surface area contributed by atoms with E-state index in [1.165, 1.54) is 23.3 Å². The number of halogens is 2. The zero-order valence-electron chi connectivity index (χ0n) is 9.36. The minimum Gasteiger partial charge on any atom is -0.312 e. The highest BCUT2D eigenvalue weighted by atomic mass is 35.5. The average molecular weight is 272 g/mol. The molecular formula is C13H15ClFNS. The quantitative estimate of drug-likeness (QED) is 0.819. The van der Waals surface area contributed by atoms with Crippen molar-refractivity contribution in [2.45, 2.75) is 13.0 Å². The molecule has 0 aliphatic carbocycles. The van der Waals surface area contributed by atoms with Gasteiger partial charge in [-0.3, -0.25) is 0 Å². The highest BCUT2D eigenvalue weighted by Crippen LogP contribution is 2.05. The molecule has 0 aliphatic heterocycles. The zero-order valence-corrected chi connectivity index (χ0v) is 11.0. The van der Waals surface area contributed by atoms with Crippen LogP contribution in [0.25, 0.3) is 0 Å². The Hall–Kier alpha value is -0.900. The van der Waals surface area contributed by atoms with E-state index in [2.05, 4.69) is 22.1 Å². The van der Waals surface area contributed by atoms with Gasteiger partial charge in [-0.2, -0.15) is 11.3 Å². The lowest BCUT2D eigenvalue weighted by Crippen LogP contribution is -2.16. The van der Waals surface area contributed by atoms with Crippen LogP contribution in [0.5, 0.6) is 0 Å². The molecule has 17 heavy (non-hydrogen) atoms. The van der Waals surface area contributed by atoms with E-state index in [-0.39, 0.29) is 18.2 Å². The van der Waals surface area contributed by atoms with E-state index in [1.54, 1.807) is 11.3 Å². The molecule has 0 fully saturated rings. The van der Waals surface area contributed by atoms with E-state index < -0.39 is 0 Å². The third kappa shape index (κ3) is 4.86. The number of rotatable bonds is 5. The Balaban J connectivity index is 0.00000144. The largest absolute Gasteiger partial charge is 0.312 e. The van der Waals surface area contributed by atoms with Crippen molar-refractivity contribution in [1.82, 2.24) is 5.32 Å². The fraction of sp³-hybridized carbons (Fsp3) is 0.231. The van der Waals surface area contributed by atoms with Crippen LogP contribution < -0.4 is 5.32 Å². The minimum absolute atomic E-state index is 0. The van der Waals surface area contributed by atoms with Crippen LogP contribution >= 0.6 is 23.7 Å². The molecule has 0 saturated heterocycles. The van der Waals surface area contributed by atoms with Crippen molar-refractivity contribution in [3.63, 3.8) is 0 Å². The fourth-order valence-corrected chi connectivity index (χ4v) is 2.18. The second-order valence-electron chi connectivity index (χ2n) is 3.68. The van der Waals surface area contributed by atoms with Crippen molar-refractivity contribution in [1.29, 1.82) is 0 Å². The summed E-state index contributed by atoms with van der Waals surface area (Å²) in [6, 6.07) is 8.81. The topological polar surface area (TPSA) is 12.0 Å². The van der Waals surface area contributed by atoms with Gasteiger partial charge in [-0.15, -0.1) is 12.4 Å². The molecule has 92 valence electrons. The maximum Gasteiger partial charge on any atom is 0.123 e. The summed E-state index contributed by atoms with van der Waals surface area (Å²) in [7, 11) is 0. The van der Waals surface area contributed by atoms with Crippen molar-refractivity contribution in [3.8, 4) is 0 Å². The SMILES string of the molecule is Cl.Fc1ccc(CCNCc2ccsc2)cc1. The smallest absolute Gasteiger partial charge is 0.123 e. The van der Waals surface area contributed by atoms with Crippen molar-refractivity contribution in [2.75, 3.05) is 6.54 Å². The number of thiophene rings is 1. The summed E-state index contributed by atoms with van der Waals surface area (Å²) in [5, 5.41) is 7.59. The molecule has 0 atom stereocenters. The first kappa shape index (κ1) is 14.2. The van der Waals surface area contributed by atoms with Gasteiger partial charge in [0.25, 0.3) is 0 Å². The Kier molecular flexibility index (Phi) is 6.19. The monoisotopic (exact) mass is 271 g/mol. The summed E-state index contributed by atoms with van der Waals surface area (Å²) < 4.78 is 12.6. The van der Waals surface area contributed by atoms with Crippen LogP contribution in [0.2, 0.25) is 0 Å². The van der Waals surface area contributed by atoms with Gasteiger partial charge in [0, 0.05) is 6.54 Å². The highest BCUT2D eigenvalue weighted by Gasteiger charge is 1.95. The van der Waals surface area contributed by atoms with Crippen molar-refractivity contribution >= 4 is 23.7 Å². The van der Waals surface area contributed by atoms with E-state index >= 15 is 0 Å². The second kappa shape index (κ2) is 7.43. The van der Waals surface area contributed by atoms with Crippen LogP contribution in [0.15, 0.2) is 41.1 Å². The molecule has 1 N–H and O–H groups in total. The van der Waals surface area contributed by atoms with Gasteiger partial charge in [-0.1, -0.05) is 12.1 Å². The lowest BCUT2D eigenvalue weighted by Gasteiger charge is -2.03. The van der Waals surface area contributed by atoms with E-state index in [0.717, 1.165) is 19.5 Å². The molecule has 1 heterocycles. The second-order valence-corrected chi connectivity index (χ2v) is 4.46. The predicted octanol–water partition coefficient (Wildman–Crippen LogP) is 3.64. The van der Waals surface area contributed by atoms with Crippen molar-refractivity contribution < 1.29 is 4.39 Å². The number of hydrogen-bond donors (Lipinski definition) is 1. The Labute approximate surface area is 111 Å². The van der Waals surface area contributed by atoms with Crippen LogP contribution in [0, 0.1) is 5.82 Å². The van der Waals surface area contributed by atoms with E-state index in [0.29, 0.717) is 0 Å². The minimum atomic E-state index is -0.171. The molecule has 1 nitrogen and oxygen atoms in total. The van der Waals surface area contributed by atoms with Gasteiger partial charge in [0.2, 0.25) is 0 Å². The molecule has 0 saturated carbocycles. The molecule has 0 radical (unpaired) electrons. The third-order valence-electron chi connectivity index (χ3n) is 2.41. The molecule has 1 aromatic heterocycles. The Morgan fingerprint density at radius 1 is 1.06 bits per heavy atom. The van der Waals surface area contributed by atoms with Gasteiger partial charge in [-0.05, 0) is 53.1 Å². The van der Waals surface area contributed by atoms with Gasteiger partial charge in [0.1, 0.15) is 5.82 Å². The van der Waals surface area contributed by atoms with E-state index in [1.807, 2.05) is 12.1 Å². The maximum atomic E-state index is 12.6. The van der Waals surface area contributed by atoms with Gasteiger partial charge in [0.05, 0.1) is 0 Å². The Morgan fingerprint density at radius 3 is 2.47 bits per heavy atom. The molecule has 0 aliphatic rings. The molecule has 4 heteroatoms. The van der Waals surface area contributed by atoms with E-state index in [4.69, 9.17) is 0 Å². The summed E-state index contributed by atoms with van der Waals surface area (Å²) in [4.78, 5) is 0. The molecule has 0 spiro atoms. The summed E-state index contributed by atoms with van der Waals surface area (Å²) in [5.41, 5.74) is 2.49. The Bertz CT molecular complexity index is 413.